The Kier molecular flexibility index (Phi) is 1.58. The van der Waals surface area contributed by atoms with Gasteiger partial charge in [0.2, 0.25) is 0 Å². The lowest BCUT2D eigenvalue weighted by Crippen LogP contribution is -1.98. The van der Waals surface area contributed by atoms with Crippen LogP contribution in [0.4, 0.5) is 5.82 Å². The van der Waals surface area contributed by atoms with Crippen molar-refractivity contribution in [3.05, 3.63) is 17.6 Å². The summed E-state index contributed by atoms with van der Waals surface area (Å²) in [6.45, 7) is 4.23. The molecule has 15 heavy (non-hydrogen) atoms. The summed E-state index contributed by atoms with van der Waals surface area (Å²) in [5.74, 6) is 0.597. The Bertz CT molecular complexity index is 537. The summed E-state index contributed by atoms with van der Waals surface area (Å²) in [6.07, 6.45) is 4.07. The fourth-order valence-corrected chi connectivity index (χ4v) is 2.23. The van der Waals surface area contributed by atoms with Crippen molar-refractivity contribution in [1.29, 1.82) is 0 Å². The van der Waals surface area contributed by atoms with Gasteiger partial charge < -0.3 is 10.3 Å². The first-order valence-electron chi connectivity index (χ1n) is 5.27. The van der Waals surface area contributed by atoms with E-state index in [-0.39, 0.29) is 0 Å². The summed E-state index contributed by atoms with van der Waals surface area (Å²) >= 11 is 0. The second kappa shape index (κ2) is 2.72. The number of hydrogen-bond acceptors (Lipinski definition) is 3. The van der Waals surface area contributed by atoms with Crippen LogP contribution in [0.15, 0.2) is 6.33 Å². The average molecular weight is 202 g/mol. The number of nitrogens with zero attached hydrogens (tertiary/aromatic N) is 3. The third kappa shape index (κ3) is 1.07. The lowest BCUT2D eigenvalue weighted by atomic mass is 10.2. The molecule has 4 nitrogen and oxygen atoms in total. The molecule has 3 rings (SSSR count). The molecule has 0 aliphatic heterocycles. The number of aromatic nitrogens is 3. The van der Waals surface area contributed by atoms with Crippen molar-refractivity contribution in [3.63, 3.8) is 0 Å². The van der Waals surface area contributed by atoms with Gasteiger partial charge in [-0.15, -0.1) is 0 Å². The van der Waals surface area contributed by atoms with Crippen LogP contribution < -0.4 is 5.73 Å². The van der Waals surface area contributed by atoms with Crippen molar-refractivity contribution >= 4 is 16.9 Å². The largest absolute Gasteiger partial charge is 0.383 e. The minimum Gasteiger partial charge on any atom is -0.383 e. The summed E-state index contributed by atoms with van der Waals surface area (Å²) in [5, 5.41) is 1.03. The van der Waals surface area contributed by atoms with Gasteiger partial charge in [-0.25, -0.2) is 9.97 Å². The van der Waals surface area contributed by atoms with Gasteiger partial charge in [0.1, 0.15) is 17.8 Å². The third-order valence-electron chi connectivity index (χ3n) is 3.28. The zero-order valence-electron chi connectivity index (χ0n) is 8.99. The smallest absolute Gasteiger partial charge is 0.146 e. The van der Waals surface area contributed by atoms with E-state index in [0.29, 0.717) is 11.9 Å². The van der Waals surface area contributed by atoms with Crippen molar-refractivity contribution in [2.75, 3.05) is 5.73 Å². The molecule has 2 aromatic heterocycles. The lowest BCUT2D eigenvalue weighted by Gasteiger charge is -2.04. The predicted octanol–water partition coefficient (Wildman–Crippen LogP) is 1.97. The van der Waals surface area contributed by atoms with Gasteiger partial charge >= 0.3 is 0 Å². The molecule has 0 spiro atoms. The minimum absolute atomic E-state index is 0.597. The van der Waals surface area contributed by atoms with Gasteiger partial charge in [-0.2, -0.15) is 0 Å². The second-order valence-corrected chi connectivity index (χ2v) is 4.27. The summed E-state index contributed by atoms with van der Waals surface area (Å²) < 4.78 is 2.31. The van der Waals surface area contributed by atoms with Crippen LogP contribution in [0.25, 0.3) is 11.0 Å². The van der Waals surface area contributed by atoms with Crippen LogP contribution in [0.2, 0.25) is 0 Å². The van der Waals surface area contributed by atoms with Gasteiger partial charge in [-0.3, -0.25) is 0 Å². The van der Waals surface area contributed by atoms with E-state index >= 15 is 0 Å². The van der Waals surface area contributed by atoms with Crippen LogP contribution in [-0.2, 0) is 0 Å². The predicted molar refractivity (Wildman–Crippen MR) is 59.7 cm³/mol. The monoisotopic (exact) mass is 202 g/mol. The Hall–Kier alpha value is -1.58. The van der Waals surface area contributed by atoms with Gasteiger partial charge in [-0.1, -0.05) is 0 Å². The van der Waals surface area contributed by atoms with Crippen LogP contribution in [0.3, 0.4) is 0 Å². The van der Waals surface area contributed by atoms with Crippen molar-refractivity contribution < 1.29 is 0 Å². The Labute approximate surface area is 88.1 Å². The van der Waals surface area contributed by atoms with Crippen LogP contribution in [0.1, 0.15) is 30.1 Å². The molecule has 78 valence electrons. The number of nitrogen functional groups attached to an aromatic ring is 1. The molecule has 0 aromatic carbocycles. The number of rotatable bonds is 1. The van der Waals surface area contributed by atoms with Gasteiger partial charge in [0.25, 0.3) is 0 Å². The molecule has 0 atom stereocenters. The molecular formula is C11H14N4. The van der Waals surface area contributed by atoms with E-state index < -0.39 is 0 Å². The second-order valence-electron chi connectivity index (χ2n) is 4.27. The van der Waals surface area contributed by atoms with Crippen molar-refractivity contribution in [2.24, 2.45) is 0 Å². The number of hydrogen-bond donors (Lipinski definition) is 1. The molecule has 0 amide bonds. The van der Waals surface area contributed by atoms with Crippen LogP contribution in [0, 0.1) is 13.8 Å². The zero-order valence-corrected chi connectivity index (χ0v) is 8.99. The van der Waals surface area contributed by atoms with Crippen molar-refractivity contribution in [3.8, 4) is 0 Å². The first kappa shape index (κ1) is 8.71. The standard InChI is InChI=1S/C11H14N4/c1-6-7(2)15(8-3-4-8)11-9(6)10(12)13-5-14-11/h5,8H,3-4H2,1-2H3,(H2,12,13,14). The molecule has 0 saturated heterocycles. The van der Waals surface area contributed by atoms with E-state index in [1.165, 1.54) is 24.1 Å². The molecule has 4 heteroatoms. The fraction of sp³-hybridized carbons (Fsp3) is 0.455. The van der Waals surface area contributed by atoms with Gasteiger partial charge in [0, 0.05) is 11.7 Å². The summed E-state index contributed by atoms with van der Waals surface area (Å²) in [5.41, 5.74) is 9.39. The molecule has 1 saturated carbocycles. The maximum absolute atomic E-state index is 5.90. The van der Waals surface area contributed by atoms with Crippen LogP contribution in [0.5, 0.6) is 0 Å². The molecule has 1 aliphatic carbocycles. The Morgan fingerprint density at radius 1 is 1.33 bits per heavy atom. The van der Waals surface area contributed by atoms with Gasteiger partial charge in [0.15, 0.2) is 0 Å². The fourth-order valence-electron chi connectivity index (χ4n) is 2.23. The van der Waals surface area contributed by atoms with E-state index in [4.69, 9.17) is 5.73 Å². The zero-order chi connectivity index (χ0) is 10.6. The lowest BCUT2D eigenvalue weighted by molar-refractivity contribution is 0.737. The first-order chi connectivity index (χ1) is 7.20. The molecule has 1 aliphatic rings. The van der Waals surface area contributed by atoms with E-state index in [1.807, 2.05) is 0 Å². The maximum Gasteiger partial charge on any atom is 0.146 e. The Balaban J connectivity index is 2.44. The van der Waals surface area contributed by atoms with E-state index in [9.17, 15) is 0 Å². The van der Waals surface area contributed by atoms with Crippen molar-refractivity contribution in [2.45, 2.75) is 32.7 Å². The highest BCUT2D eigenvalue weighted by atomic mass is 15.1. The average Bonchev–Trinajstić information content (AvgIpc) is 2.98. The molecular weight excluding hydrogens is 188 g/mol. The third-order valence-corrected chi connectivity index (χ3v) is 3.28. The number of anilines is 1. The molecule has 2 heterocycles. The number of aryl methyl sites for hydroxylation is 1. The SMILES string of the molecule is Cc1c(C)n(C2CC2)c2ncnc(N)c12. The highest BCUT2D eigenvalue weighted by Crippen LogP contribution is 2.40. The highest BCUT2D eigenvalue weighted by molar-refractivity contribution is 5.90. The molecule has 2 N–H and O–H groups in total. The summed E-state index contributed by atoms with van der Waals surface area (Å²) in [4.78, 5) is 8.41. The maximum atomic E-state index is 5.90. The normalized spacial score (nSPS) is 16.1. The topological polar surface area (TPSA) is 56.7 Å². The van der Waals surface area contributed by atoms with Crippen LogP contribution in [-0.4, -0.2) is 14.5 Å². The van der Waals surface area contributed by atoms with E-state index in [1.54, 1.807) is 6.33 Å². The summed E-state index contributed by atoms with van der Waals surface area (Å²) in [6, 6.07) is 0.635. The van der Waals surface area contributed by atoms with E-state index in [2.05, 4.69) is 28.4 Å². The Morgan fingerprint density at radius 2 is 2.07 bits per heavy atom. The first-order valence-corrected chi connectivity index (χ1v) is 5.27. The highest BCUT2D eigenvalue weighted by Gasteiger charge is 2.28. The van der Waals surface area contributed by atoms with Crippen molar-refractivity contribution in [1.82, 2.24) is 14.5 Å². The minimum atomic E-state index is 0.597. The van der Waals surface area contributed by atoms with Gasteiger partial charge in [0.05, 0.1) is 5.39 Å². The Morgan fingerprint density at radius 3 is 2.73 bits per heavy atom. The number of fused-ring (bicyclic) bond motifs is 1. The molecule has 1 fully saturated rings. The summed E-state index contributed by atoms with van der Waals surface area (Å²) in [7, 11) is 0. The quantitative estimate of drug-likeness (QED) is 0.769. The number of nitrogens with two attached hydrogens (primary N) is 1. The molecule has 0 radical (unpaired) electrons. The van der Waals surface area contributed by atoms with Gasteiger partial charge in [-0.05, 0) is 32.3 Å². The molecule has 0 bridgehead atoms. The molecule has 0 unspecified atom stereocenters. The molecule has 2 aromatic rings. The van der Waals surface area contributed by atoms with Crippen LogP contribution >= 0.6 is 0 Å². The van der Waals surface area contributed by atoms with E-state index in [0.717, 1.165) is 11.0 Å².